The lowest BCUT2D eigenvalue weighted by molar-refractivity contribution is 0.0695. The Labute approximate surface area is 124 Å². The Balaban J connectivity index is 1.88. The Morgan fingerprint density at radius 1 is 1.24 bits per heavy atom. The molecule has 1 N–H and O–H groups in total. The van der Waals surface area contributed by atoms with Gasteiger partial charge >= 0.3 is 5.97 Å². The van der Waals surface area contributed by atoms with Crippen molar-refractivity contribution in [3.8, 4) is 0 Å². The summed E-state index contributed by atoms with van der Waals surface area (Å²) in [6.45, 7) is 0.686. The highest BCUT2D eigenvalue weighted by molar-refractivity contribution is 7.89. The second kappa shape index (κ2) is 5.42. The highest BCUT2D eigenvalue weighted by Gasteiger charge is 2.36. The van der Waals surface area contributed by atoms with Crippen LogP contribution in [0.5, 0.6) is 0 Å². The van der Waals surface area contributed by atoms with Crippen molar-refractivity contribution in [2.45, 2.75) is 43.9 Å². The molecule has 5 nitrogen and oxygen atoms in total. The maximum atomic E-state index is 12.6. The molecule has 1 heterocycles. The number of carbonyl (C=O) groups is 1. The number of aromatic carboxylic acids is 1. The van der Waals surface area contributed by atoms with Crippen LogP contribution in [0, 0.1) is 0 Å². The summed E-state index contributed by atoms with van der Waals surface area (Å²) >= 11 is 0. The Hall–Kier alpha value is -1.40. The van der Waals surface area contributed by atoms with Crippen LogP contribution >= 0.6 is 0 Å². The molecule has 1 saturated carbocycles. The lowest BCUT2D eigenvalue weighted by Crippen LogP contribution is -2.41. The second-order valence-electron chi connectivity index (χ2n) is 5.78. The molecule has 0 spiro atoms. The van der Waals surface area contributed by atoms with E-state index in [1.807, 2.05) is 6.07 Å². The Kier molecular flexibility index (Phi) is 3.75. The molecule has 1 fully saturated rings. The molecule has 1 aliphatic carbocycles. The third kappa shape index (κ3) is 2.58. The highest BCUT2D eigenvalue weighted by Crippen LogP contribution is 2.31. The van der Waals surface area contributed by atoms with Gasteiger partial charge in [0.05, 0.1) is 10.8 Å². The molecule has 0 aromatic heterocycles. The summed E-state index contributed by atoms with van der Waals surface area (Å²) in [6, 6.07) is 5.11. The molecule has 21 heavy (non-hydrogen) atoms. The van der Waals surface area contributed by atoms with Gasteiger partial charge in [0.2, 0.25) is 10.0 Å². The first-order valence-corrected chi connectivity index (χ1v) is 8.83. The molecular formula is C15H19NO4S. The minimum Gasteiger partial charge on any atom is -0.478 e. The van der Waals surface area contributed by atoms with Gasteiger partial charge in [-0.2, -0.15) is 4.31 Å². The van der Waals surface area contributed by atoms with Gasteiger partial charge in [-0.05, 0) is 36.5 Å². The number of hydrogen-bond acceptors (Lipinski definition) is 3. The topological polar surface area (TPSA) is 74.7 Å². The first-order valence-electron chi connectivity index (χ1n) is 7.33. The van der Waals surface area contributed by atoms with Crippen LogP contribution in [0.1, 0.15) is 47.2 Å². The first-order chi connectivity index (χ1) is 10.00. The summed E-state index contributed by atoms with van der Waals surface area (Å²) in [7, 11) is -3.25. The maximum absolute atomic E-state index is 12.6. The van der Waals surface area contributed by atoms with Gasteiger partial charge in [-0.1, -0.05) is 25.0 Å². The zero-order valence-electron chi connectivity index (χ0n) is 11.8. The lowest BCUT2D eigenvalue weighted by atomic mass is 9.95. The molecule has 1 aromatic rings. The monoisotopic (exact) mass is 309 g/mol. The molecule has 0 atom stereocenters. The first kappa shape index (κ1) is 14.5. The molecule has 0 unspecified atom stereocenters. The maximum Gasteiger partial charge on any atom is 0.335 e. The third-order valence-electron chi connectivity index (χ3n) is 4.54. The molecule has 0 amide bonds. The fourth-order valence-electron chi connectivity index (χ4n) is 3.40. The molecule has 2 aliphatic rings. The van der Waals surface area contributed by atoms with Crippen LogP contribution in [0.2, 0.25) is 0 Å². The van der Waals surface area contributed by atoms with Crippen molar-refractivity contribution in [3.63, 3.8) is 0 Å². The predicted molar refractivity (Wildman–Crippen MR) is 78.7 cm³/mol. The van der Waals surface area contributed by atoms with E-state index >= 15 is 0 Å². The number of hydrogen-bond donors (Lipinski definition) is 1. The molecule has 1 aliphatic heterocycles. The predicted octanol–water partition coefficient (Wildman–Crippen LogP) is 2.02. The van der Waals surface area contributed by atoms with E-state index in [2.05, 4.69) is 0 Å². The van der Waals surface area contributed by atoms with Gasteiger partial charge in [-0.15, -0.1) is 0 Å². The standard InChI is InChI=1S/C15H19NO4S/c17-15(18)14-7-3-4-11-10-16(9-8-13(11)14)21(19,20)12-5-1-2-6-12/h3-4,7,12H,1-2,5-6,8-10H2,(H,17,18). The molecular weight excluding hydrogens is 290 g/mol. The van der Waals surface area contributed by atoms with Gasteiger partial charge in [0.25, 0.3) is 0 Å². The largest absolute Gasteiger partial charge is 0.478 e. The number of carboxylic acid groups (broad SMARTS) is 1. The molecule has 1 aromatic carbocycles. The number of nitrogens with zero attached hydrogens (tertiary/aromatic N) is 1. The van der Waals surface area contributed by atoms with Crippen LogP contribution in [0.4, 0.5) is 0 Å². The molecule has 0 radical (unpaired) electrons. The van der Waals surface area contributed by atoms with Crippen molar-refractivity contribution in [1.29, 1.82) is 0 Å². The Morgan fingerprint density at radius 2 is 1.95 bits per heavy atom. The van der Waals surface area contributed by atoms with E-state index in [1.54, 1.807) is 12.1 Å². The molecule has 0 bridgehead atoms. The van der Waals surface area contributed by atoms with Crippen molar-refractivity contribution in [2.75, 3.05) is 6.54 Å². The quantitative estimate of drug-likeness (QED) is 0.927. The van der Waals surface area contributed by atoms with Gasteiger partial charge in [0.15, 0.2) is 0 Å². The summed E-state index contributed by atoms with van der Waals surface area (Å²) in [4.78, 5) is 11.2. The average Bonchev–Trinajstić information content (AvgIpc) is 3.00. The van der Waals surface area contributed by atoms with E-state index in [0.717, 1.165) is 36.8 Å². The van der Waals surface area contributed by atoms with Crippen molar-refractivity contribution < 1.29 is 18.3 Å². The van der Waals surface area contributed by atoms with Crippen LogP contribution in [-0.4, -0.2) is 35.6 Å². The van der Waals surface area contributed by atoms with Gasteiger partial charge in [0.1, 0.15) is 0 Å². The van der Waals surface area contributed by atoms with Crippen molar-refractivity contribution in [1.82, 2.24) is 4.31 Å². The van der Waals surface area contributed by atoms with Crippen molar-refractivity contribution in [2.24, 2.45) is 0 Å². The van der Waals surface area contributed by atoms with Gasteiger partial charge in [0, 0.05) is 13.1 Å². The van der Waals surface area contributed by atoms with Crippen LogP contribution in [0.15, 0.2) is 18.2 Å². The third-order valence-corrected chi connectivity index (χ3v) is 6.89. The minimum atomic E-state index is -3.25. The zero-order valence-corrected chi connectivity index (χ0v) is 12.6. The molecule has 114 valence electrons. The van der Waals surface area contributed by atoms with E-state index in [0.29, 0.717) is 25.1 Å². The van der Waals surface area contributed by atoms with E-state index < -0.39 is 16.0 Å². The lowest BCUT2D eigenvalue weighted by Gasteiger charge is -2.31. The van der Waals surface area contributed by atoms with Crippen molar-refractivity contribution in [3.05, 3.63) is 34.9 Å². The fraction of sp³-hybridized carbons (Fsp3) is 0.533. The average molecular weight is 309 g/mol. The summed E-state index contributed by atoms with van der Waals surface area (Å²) in [5.74, 6) is -0.945. The van der Waals surface area contributed by atoms with Crippen LogP contribution in [0.25, 0.3) is 0 Å². The number of sulfonamides is 1. The zero-order chi connectivity index (χ0) is 15.0. The second-order valence-corrected chi connectivity index (χ2v) is 8.00. The van der Waals surface area contributed by atoms with E-state index in [1.165, 1.54) is 4.31 Å². The van der Waals surface area contributed by atoms with E-state index in [-0.39, 0.29) is 5.25 Å². The Morgan fingerprint density at radius 3 is 2.62 bits per heavy atom. The van der Waals surface area contributed by atoms with E-state index in [4.69, 9.17) is 0 Å². The SMILES string of the molecule is O=C(O)c1cccc2c1CCN(S(=O)(=O)C1CCCC1)C2. The summed E-state index contributed by atoms with van der Waals surface area (Å²) in [6.07, 6.45) is 3.94. The fourth-order valence-corrected chi connectivity index (χ4v) is 5.41. The van der Waals surface area contributed by atoms with Gasteiger partial charge in [-0.3, -0.25) is 0 Å². The van der Waals surface area contributed by atoms with E-state index in [9.17, 15) is 18.3 Å². The molecule has 6 heteroatoms. The molecule has 0 saturated heterocycles. The summed E-state index contributed by atoms with van der Waals surface area (Å²) in [5, 5.41) is 8.96. The number of fused-ring (bicyclic) bond motifs is 1. The van der Waals surface area contributed by atoms with Gasteiger partial charge in [-0.25, -0.2) is 13.2 Å². The number of carboxylic acids is 1. The Bertz CT molecular complexity index is 662. The number of benzene rings is 1. The highest BCUT2D eigenvalue weighted by atomic mass is 32.2. The normalized spacial score (nSPS) is 20.4. The van der Waals surface area contributed by atoms with Crippen LogP contribution in [0.3, 0.4) is 0 Å². The van der Waals surface area contributed by atoms with Gasteiger partial charge < -0.3 is 5.11 Å². The minimum absolute atomic E-state index is 0.248. The van der Waals surface area contributed by atoms with Crippen LogP contribution in [-0.2, 0) is 23.0 Å². The van der Waals surface area contributed by atoms with Crippen LogP contribution < -0.4 is 0 Å². The van der Waals surface area contributed by atoms with Crippen molar-refractivity contribution >= 4 is 16.0 Å². The summed E-state index contributed by atoms with van der Waals surface area (Å²) < 4.78 is 26.8. The summed E-state index contributed by atoms with van der Waals surface area (Å²) in [5.41, 5.74) is 1.90. The number of rotatable bonds is 3. The smallest absolute Gasteiger partial charge is 0.335 e. The molecule has 3 rings (SSSR count).